The predicted molar refractivity (Wildman–Crippen MR) is 75.9 cm³/mol. The highest BCUT2D eigenvalue weighted by molar-refractivity contribution is 5.61. The lowest BCUT2D eigenvalue weighted by atomic mass is 10.1. The van der Waals surface area contributed by atoms with Crippen LogP contribution in [0.4, 0.5) is 0 Å². The van der Waals surface area contributed by atoms with Crippen molar-refractivity contribution in [2.24, 2.45) is 0 Å². The Hall–Kier alpha value is -3.20. The minimum Gasteiger partial charge on any atom is -0.497 e. The van der Waals surface area contributed by atoms with Crippen LogP contribution in [0.15, 0.2) is 48.9 Å². The molecule has 0 N–H and O–H groups in total. The third kappa shape index (κ3) is 2.44. The summed E-state index contributed by atoms with van der Waals surface area (Å²) in [4.78, 5) is 8.31. The zero-order valence-corrected chi connectivity index (χ0v) is 11.3. The molecule has 0 radical (unpaired) electrons. The summed E-state index contributed by atoms with van der Waals surface area (Å²) in [7, 11) is 1.63. The molecule has 0 bridgehead atoms. The van der Waals surface area contributed by atoms with Crippen LogP contribution < -0.4 is 4.74 Å². The highest BCUT2D eigenvalue weighted by atomic mass is 16.5. The largest absolute Gasteiger partial charge is 0.497 e. The molecule has 2 aromatic heterocycles. The summed E-state index contributed by atoms with van der Waals surface area (Å²) in [6.45, 7) is 0. The number of aromatic nitrogens is 4. The SMILES string of the molecule is COc1ccc(-c2ccnn2-c2ncc(C#N)cn2)cc1. The van der Waals surface area contributed by atoms with Crippen molar-refractivity contribution in [2.45, 2.75) is 0 Å². The van der Waals surface area contributed by atoms with E-state index in [2.05, 4.69) is 15.1 Å². The maximum Gasteiger partial charge on any atom is 0.251 e. The van der Waals surface area contributed by atoms with Gasteiger partial charge in [0, 0.05) is 5.56 Å². The third-order valence-corrected chi connectivity index (χ3v) is 2.99. The second-order valence-electron chi connectivity index (χ2n) is 4.24. The van der Waals surface area contributed by atoms with Crippen LogP contribution in [0.25, 0.3) is 17.2 Å². The Morgan fingerprint density at radius 2 is 1.81 bits per heavy atom. The van der Waals surface area contributed by atoms with E-state index in [0.717, 1.165) is 17.0 Å². The van der Waals surface area contributed by atoms with Crippen LogP contribution in [0.3, 0.4) is 0 Å². The molecular weight excluding hydrogens is 266 g/mol. The van der Waals surface area contributed by atoms with Crippen molar-refractivity contribution < 1.29 is 4.74 Å². The van der Waals surface area contributed by atoms with Gasteiger partial charge in [-0.3, -0.25) is 0 Å². The van der Waals surface area contributed by atoms with E-state index in [0.29, 0.717) is 11.5 Å². The number of rotatable bonds is 3. The first kappa shape index (κ1) is 12.8. The summed E-state index contributed by atoms with van der Waals surface area (Å²) in [6, 6.07) is 11.5. The van der Waals surface area contributed by atoms with Crippen LogP contribution in [0.1, 0.15) is 5.56 Å². The van der Waals surface area contributed by atoms with Gasteiger partial charge in [-0.2, -0.15) is 15.0 Å². The van der Waals surface area contributed by atoms with E-state index in [1.54, 1.807) is 18.0 Å². The van der Waals surface area contributed by atoms with Crippen LogP contribution in [0.5, 0.6) is 5.75 Å². The van der Waals surface area contributed by atoms with Gasteiger partial charge in [0.1, 0.15) is 11.8 Å². The molecule has 1 aromatic carbocycles. The number of nitrogens with zero attached hydrogens (tertiary/aromatic N) is 5. The van der Waals surface area contributed by atoms with Gasteiger partial charge in [0.25, 0.3) is 5.95 Å². The molecule has 0 saturated heterocycles. The summed E-state index contributed by atoms with van der Waals surface area (Å²) in [5.41, 5.74) is 2.25. The molecule has 0 aliphatic heterocycles. The minimum absolute atomic E-state index is 0.414. The lowest BCUT2D eigenvalue weighted by Crippen LogP contribution is -2.04. The lowest BCUT2D eigenvalue weighted by molar-refractivity contribution is 0.415. The second kappa shape index (κ2) is 5.43. The quantitative estimate of drug-likeness (QED) is 0.733. The highest BCUT2D eigenvalue weighted by Gasteiger charge is 2.09. The monoisotopic (exact) mass is 277 g/mol. The Balaban J connectivity index is 2.01. The predicted octanol–water partition coefficient (Wildman–Crippen LogP) is 2.21. The van der Waals surface area contributed by atoms with Crippen molar-refractivity contribution >= 4 is 0 Å². The van der Waals surface area contributed by atoms with E-state index in [4.69, 9.17) is 10.00 Å². The summed E-state index contributed by atoms with van der Waals surface area (Å²) < 4.78 is 6.78. The van der Waals surface area contributed by atoms with Crippen LogP contribution in [-0.4, -0.2) is 26.9 Å². The molecule has 0 atom stereocenters. The Morgan fingerprint density at radius 3 is 2.43 bits per heavy atom. The first-order valence-electron chi connectivity index (χ1n) is 6.23. The molecule has 2 heterocycles. The number of methoxy groups -OCH3 is 1. The second-order valence-corrected chi connectivity index (χ2v) is 4.24. The van der Waals surface area contributed by atoms with Gasteiger partial charge < -0.3 is 4.74 Å². The van der Waals surface area contributed by atoms with Gasteiger partial charge in [0.2, 0.25) is 0 Å². The minimum atomic E-state index is 0.414. The molecule has 6 heteroatoms. The summed E-state index contributed by atoms with van der Waals surface area (Å²) >= 11 is 0. The van der Waals surface area contributed by atoms with Gasteiger partial charge in [-0.05, 0) is 30.3 Å². The first-order chi connectivity index (χ1) is 10.3. The van der Waals surface area contributed by atoms with E-state index in [1.807, 2.05) is 36.4 Å². The highest BCUT2D eigenvalue weighted by Crippen LogP contribution is 2.23. The number of ether oxygens (including phenoxy) is 1. The van der Waals surface area contributed by atoms with Crippen molar-refractivity contribution in [1.82, 2.24) is 19.7 Å². The van der Waals surface area contributed by atoms with E-state index in [-0.39, 0.29) is 0 Å². The Labute approximate surface area is 121 Å². The van der Waals surface area contributed by atoms with E-state index in [1.165, 1.54) is 12.4 Å². The number of benzene rings is 1. The zero-order chi connectivity index (χ0) is 14.7. The molecule has 3 rings (SSSR count). The molecule has 0 unspecified atom stereocenters. The molecule has 21 heavy (non-hydrogen) atoms. The molecule has 0 spiro atoms. The van der Waals surface area contributed by atoms with Crippen molar-refractivity contribution in [3.8, 4) is 29.0 Å². The maximum absolute atomic E-state index is 8.78. The molecule has 0 fully saturated rings. The number of hydrogen-bond donors (Lipinski definition) is 0. The van der Waals surface area contributed by atoms with Crippen molar-refractivity contribution in [2.75, 3.05) is 7.11 Å². The molecule has 0 saturated carbocycles. The van der Waals surface area contributed by atoms with Gasteiger partial charge in [-0.25, -0.2) is 9.97 Å². The first-order valence-corrected chi connectivity index (χ1v) is 6.23. The van der Waals surface area contributed by atoms with Crippen molar-refractivity contribution in [1.29, 1.82) is 5.26 Å². The fourth-order valence-corrected chi connectivity index (χ4v) is 1.93. The van der Waals surface area contributed by atoms with Crippen molar-refractivity contribution in [3.63, 3.8) is 0 Å². The molecule has 3 aromatic rings. The average molecular weight is 277 g/mol. The lowest BCUT2D eigenvalue weighted by Gasteiger charge is -2.06. The summed E-state index contributed by atoms with van der Waals surface area (Å²) in [5.74, 6) is 1.21. The van der Waals surface area contributed by atoms with Crippen LogP contribution in [-0.2, 0) is 0 Å². The van der Waals surface area contributed by atoms with E-state index in [9.17, 15) is 0 Å². The van der Waals surface area contributed by atoms with Gasteiger partial charge in [0.05, 0.1) is 37.0 Å². The van der Waals surface area contributed by atoms with E-state index < -0.39 is 0 Å². The molecule has 102 valence electrons. The van der Waals surface area contributed by atoms with Crippen LogP contribution in [0, 0.1) is 11.3 Å². The number of nitriles is 1. The standard InChI is InChI=1S/C15H11N5O/c1-21-13-4-2-12(3-5-13)14-6-7-19-20(14)15-17-9-11(8-16)10-18-15/h2-7,9-10H,1H3. The van der Waals surface area contributed by atoms with Crippen LogP contribution >= 0.6 is 0 Å². The average Bonchev–Trinajstić information content (AvgIpc) is 3.04. The smallest absolute Gasteiger partial charge is 0.251 e. The number of hydrogen-bond acceptors (Lipinski definition) is 5. The molecule has 6 nitrogen and oxygen atoms in total. The fraction of sp³-hybridized carbons (Fsp3) is 0.0667. The molecule has 0 amide bonds. The topological polar surface area (TPSA) is 76.6 Å². The maximum atomic E-state index is 8.78. The summed E-state index contributed by atoms with van der Waals surface area (Å²) in [5, 5.41) is 13.0. The van der Waals surface area contributed by atoms with Gasteiger partial charge >= 0.3 is 0 Å². The molecular formula is C15H11N5O. The molecule has 0 aliphatic carbocycles. The Bertz CT molecular complexity index is 784. The summed E-state index contributed by atoms with van der Waals surface area (Å²) in [6.07, 6.45) is 4.63. The van der Waals surface area contributed by atoms with Gasteiger partial charge in [0.15, 0.2) is 0 Å². The van der Waals surface area contributed by atoms with E-state index >= 15 is 0 Å². The van der Waals surface area contributed by atoms with Gasteiger partial charge in [-0.15, -0.1) is 0 Å². The fourth-order valence-electron chi connectivity index (χ4n) is 1.93. The molecule has 0 aliphatic rings. The van der Waals surface area contributed by atoms with Gasteiger partial charge in [-0.1, -0.05) is 0 Å². The third-order valence-electron chi connectivity index (χ3n) is 2.99. The zero-order valence-electron chi connectivity index (χ0n) is 11.3. The Morgan fingerprint density at radius 1 is 1.10 bits per heavy atom. The van der Waals surface area contributed by atoms with Crippen molar-refractivity contribution in [3.05, 3.63) is 54.5 Å². The van der Waals surface area contributed by atoms with Crippen LogP contribution in [0.2, 0.25) is 0 Å². The Kier molecular flexibility index (Phi) is 3.31. The normalized spacial score (nSPS) is 10.1.